The first-order valence-corrected chi connectivity index (χ1v) is 8.86. The number of carbonyl (C=O) groups excluding carboxylic acids is 1. The van der Waals surface area contributed by atoms with Crippen molar-refractivity contribution >= 4 is 41.0 Å². The summed E-state index contributed by atoms with van der Waals surface area (Å²) >= 11 is 12.3. The maximum atomic E-state index is 12.1. The van der Waals surface area contributed by atoms with Gasteiger partial charge >= 0.3 is 0 Å². The van der Waals surface area contributed by atoms with E-state index >= 15 is 0 Å². The van der Waals surface area contributed by atoms with Gasteiger partial charge in [-0.15, -0.1) is 0 Å². The molecule has 2 aromatic carbocycles. The van der Waals surface area contributed by atoms with Gasteiger partial charge in [-0.2, -0.15) is 10.2 Å². The van der Waals surface area contributed by atoms with Gasteiger partial charge in [0, 0.05) is 16.3 Å². The highest BCUT2D eigenvalue weighted by Gasteiger charge is 2.12. The van der Waals surface area contributed by atoms with Crippen LogP contribution in [0.15, 0.2) is 53.6 Å². The van der Waals surface area contributed by atoms with Crippen LogP contribution in [0.1, 0.15) is 27.2 Å². The van der Waals surface area contributed by atoms with E-state index in [1.54, 1.807) is 28.9 Å². The number of amides is 1. The van der Waals surface area contributed by atoms with Gasteiger partial charge in [0.2, 0.25) is 0 Å². The fourth-order valence-corrected chi connectivity index (χ4v) is 2.84. The fraction of sp³-hybridized carbons (Fsp3) is 0.105. The Balaban J connectivity index is 1.70. The van der Waals surface area contributed by atoms with Gasteiger partial charge in [-0.1, -0.05) is 35.3 Å². The standard InChI is InChI=1S/C19H17Cl2N5O/c1-12-17(10-23-24-19(27)14-4-8-16(22)9-5-14)18(21)26(25-12)11-13-2-6-15(20)7-3-13/h2-10H,11,22H2,1H3,(H,24,27). The highest BCUT2D eigenvalue weighted by atomic mass is 35.5. The zero-order valence-electron chi connectivity index (χ0n) is 14.5. The summed E-state index contributed by atoms with van der Waals surface area (Å²) < 4.78 is 1.67. The van der Waals surface area contributed by atoms with Crippen LogP contribution in [-0.4, -0.2) is 21.9 Å². The van der Waals surface area contributed by atoms with Crippen molar-refractivity contribution in [3.8, 4) is 0 Å². The lowest BCUT2D eigenvalue weighted by molar-refractivity contribution is 0.0955. The molecule has 8 heteroatoms. The van der Waals surface area contributed by atoms with Crippen LogP contribution in [0.5, 0.6) is 0 Å². The van der Waals surface area contributed by atoms with E-state index in [4.69, 9.17) is 28.9 Å². The zero-order chi connectivity index (χ0) is 19.4. The number of hydrogen-bond donors (Lipinski definition) is 2. The molecule has 0 saturated heterocycles. The Bertz CT molecular complexity index is 979. The average molecular weight is 402 g/mol. The lowest BCUT2D eigenvalue weighted by atomic mass is 10.2. The summed E-state index contributed by atoms with van der Waals surface area (Å²) in [5.41, 5.74) is 11.5. The van der Waals surface area contributed by atoms with E-state index in [9.17, 15) is 4.79 Å². The molecule has 0 aliphatic carbocycles. The van der Waals surface area contributed by atoms with E-state index in [1.807, 2.05) is 31.2 Å². The molecule has 1 amide bonds. The molecular formula is C19H17Cl2N5O. The number of nitrogens with zero attached hydrogens (tertiary/aromatic N) is 3. The van der Waals surface area contributed by atoms with Gasteiger partial charge in [-0.05, 0) is 48.9 Å². The number of carbonyl (C=O) groups is 1. The summed E-state index contributed by atoms with van der Waals surface area (Å²) in [7, 11) is 0. The highest BCUT2D eigenvalue weighted by Crippen LogP contribution is 2.20. The Morgan fingerprint density at radius 3 is 2.52 bits per heavy atom. The summed E-state index contributed by atoms with van der Waals surface area (Å²) in [6.45, 7) is 2.33. The number of halogens is 2. The van der Waals surface area contributed by atoms with Crippen LogP contribution < -0.4 is 11.2 Å². The lowest BCUT2D eigenvalue weighted by Crippen LogP contribution is -2.17. The number of nitrogens with two attached hydrogens (primary N) is 1. The second-order valence-corrected chi connectivity index (χ2v) is 6.69. The SMILES string of the molecule is Cc1nn(Cc2ccc(Cl)cc2)c(Cl)c1C=NNC(=O)c1ccc(N)cc1. The highest BCUT2D eigenvalue weighted by molar-refractivity contribution is 6.32. The molecule has 3 rings (SSSR count). The number of nitrogens with one attached hydrogen (secondary N) is 1. The summed E-state index contributed by atoms with van der Waals surface area (Å²) in [6.07, 6.45) is 1.48. The second-order valence-electron chi connectivity index (χ2n) is 5.90. The van der Waals surface area contributed by atoms with Crippen LogP contribution in [-0.2, 0) is 6.54 Å². The number of aryl methyl sites for hydroxylation is 1. The van der Waals surface area contributed by atoms with Crippen molar-refractivity contribution in [1.29, 1.82) is 0 Å². The number of rotatable bonds is 5. The molecule has 0 unspecified atom stereocenters. The third-order valence-electron chi connectivity index (χ3n) is 3.89. The van der Waals surface area contributed by atoms with Crippen molar-refractivity contribution in [2.75, 3.05) is 5.73 Å². The van der Waals surface area contributed by atoms with Crippen LogP contribution in [0, 0.1) is 6.92 Å². The average Bonchev–Trinajstić information content (AvgIpc) is 2.91. The molecule has 3 N–H and O–H groups in total. The minimum atomic E-state index is -0.339. The molecule has 0 fully saturated rings. The fourth-order valence-electron chi connectivity index (χ4n) is 2.44. The molecule has 0 aliphatic rings. The second kappa shape index (κ2) is 8.24. The van der Waals surface area contributed by atoms with Gasteiger partial charge in [0.05, 0.1) is 24.0 Å². The topological polar surface area (TPSA) is 85.3 Å². The quantitative estimate of drug-likeness (QED) is 0.386. The number of anilines is 1. The van der Waals surface area contributed by atoms with Crippen molar-refractivity contribution in [3.05, 3.63) is 81.1 Å². The summed E-state index contributed by atoms with van der Waals surface area (Å²) in [5, 5.41) is 9.52. The van der Waals surface area contributed by atoms with Gasteiger partial charge in [0.1, 0.15) is 5.15 Å². The van der Waals surface area contributed by atoms with E-state index in [-0.39, 0.29) is 5.91 Å². The number of hydrazone groups is 1. The maximum Gasteiger partial charge on any atom is 0.271 e. The third-order valence-corrected chi connectivity index (χ3v) is 4.54. The van der Waals surface area contributed by atoms with Crippen LogP contribution in [0.3, 0.4) is 0 Å². The molecule has 138 valence electrons. The first-order chi connectivity index (χ1) is 12.9. The Labute approximate surface area is 166 Å². The number of nitrogen functional groups attached to an aromatic ring is 1. The number of aromatic nitrogens is 2. The Morgan fingerprint density at radius 1 is 1.19 bits per heavy atom. The first kappa shape index (κ1) is 18.9. The third kappa shape index (κ3) is 4.67. The van der Waals surface area contributed by atoms with Gasteiger partial charge in [-0.25, -0.2) is 10.1 Å². The summed E-state index contributed by atoms with van der Waals surface area (Å²) in [4.78, 5) is 12.1. The van der Waals surface area contributed by atoms with Crippen molar-refractivity contribution in [2.45, 2.75) is 13.5 Å². The zero-order valence-corrected chi connectivity index (χ0v) is 16.0. The van der Waals surface area contributed by atoms with Gasteiger partial charge in [0.15, 0.2) is 0 Å². The van der Waals surface area contributed by atoms with E-state index in [2.05, 4.69) is 15.6 Å². The Kier molecular flexibility index (Phi) is 5.78. The van der Waals surface area contributed by atoms with E-state index < -0.39 is 0 Å². The summed E-state index contributed by atoms with van der Waals surface area (Å²) in [5.74, 6) is -0.339. The van der Waals surface area contributed by atoms with Gasteiger partial charge in [0.25, 0.3) is 5.91 Å². The predicted octanol–water partition coefficient (Wildman–Crippen LogP) is 3.89. The van der Waals surface area contributed by atoms with Crippen molar-refractivity contribution < 1.29 is 4.79 Å². The van der Waals surface area contributed by atoms with Crippen molar-refractivity contribution in [1.82, 2.24) is 15.2 Å². The number of benzene rings is 2. The smallest absolute Gasteiger partial charge is 0.271 e. The van der Waals surface area contributed by atoms with Gasteiger partial charge in [-0.3, -0.25) is 4.79 Å². The largest absolute Gasteiger partial charge is 0.399 e. The van der Waals surface area contributed by atoms with Gasteiger partial charge < -0.3 is 5.73 Å². The molecule has 1 aromatic heterocycles. The molecule has 0 bridgehead atoms. The van der Waals surface area contributed by atoms with Crippen LogP contribution >= 0.6 is 23.2 Å². The van der Waals surface area contributed by atoms with Crippen LogP contribution in [0.25, 0.3) is 0 Å². The molecule has 0 atom stereocenters. The van der Waals surface area contributed by atoms with E-state index in [0.29, 0.717) is 39.2 Å². The molecule has 1 heterocycles. The predicted molar refractivity (Wildman–Crippen MR) is 108 cm³/mol. The van der Waals surface area contributed by atoms with E-state index in [1.165, 1.54) is 6.21 Å². The Hall–Kier alpha value is -2.83. The molecule has 0 spiro atoms. The van der Waals surface area contributed by atoms with Crippen molar-refractivity contribution in [3.63, 3.8) is 0 Å². The van der Waals surface area contributed by atoms with Crippen LogP contribution in [0.4, 0.5) is 5.69 Å². The summed E-state index contributed by atoms with van der Waals surface area (Å²) in [6, 6.07) is 14.0. The normalized spacial score (nSPS) is 11.1. The molecule has 27 heavy (non-hydrogen) atoms. The molecule has 0 saturated carbocycles. The Morgan fingerprint density at radius 2 is 1.85 bits per heavy atom. The first-order valence-electron chi connectivity index (χ1n) is 8.10. The molecule has 6 nitrogen and oxygen atoms in total. The van der Waals surface area contributed by atoms with Crippen LogP contribution in [0.2, 0.25) is 10.2 Å². The molecule has 0 aliphatic heterocycles. The van der Waals surface area contributed by atoms with E-state index in [0.717, 1.165) is 5.56 Å². The molecular weight excluding hydrogens is 385 g/mol. The number of hydrogen-bond acceptors (Lipinski definition) is 4. The maximum absolute atomic E-state index is 12.1. The molecule has 0 radical (unpaired) electrons. The molecule has 3 aromatic rings. The minimum absolute atomic E-state index is 0.339. The minimum Gasteiger partial charge on any atom is -0.399 e. The lowest BCUT2D eigenvalue weighted by Gasteiger charge is -2.03. The monoisotopic (exact) mass is 401 g/mol. The van der Waals surface area contributed by atoms with Crippen molar-refractivity contribution in [2.24, 2.45) is 5.10 Å².